The minimum absolute atomic E-state index is 0.460. The van der Waals surface area contributed by atoms with E-state index in [2.05, 4.69) is 39.8 Å². The van der Waals surface area contributed by atoms with E-state index in [0.717, 1.165) is 11.8 Å². The third-order valence-corrected chi connectivity index (χ3v) is 3.33. The van der Waals surface area contributed by atoms with Crippen molar-refractivity contribution in [2.24, 2.45) is 17.3 Å². The van der Waals surface area contributed by atoms with Crippen molar-refractivity contribution in [3.63, 3.8) is 0 Å². The first-order valence-corrected chi connectivity index (χ1v) is 6.68. The highest BCUT2D eigenvalue weighted by molar-refractivity contribution is 4.95. The summed E-state index contributed by atoms with van der Waals surface area (Å²) in [5, 5.41) is 0. The van der Waals surface area contributed by atoms with E-state index in [9.17, 15) is 0 Å². The van der Waals surface area contributed by atoms with E-state index >= 15 is 0 Å². The molecule has 1 rings (SSSR count). The van der Waals surface area contributed by atoms with Crippen LogP contribution in [0.15, 0.2) is 12.2 Å². The molecule has 0 nitrogen and oxygen atoms in total. The van der Waals surface area contributed by atoms with Crippen LogP contribution in [-0.2, 0) is 0 Å². The molecule has 1 aliphatic carbocycles. The second kappa shape index (κ2) is 5.72. The second-order valence-corrected chi connectivity index (χ2v) is 6.37. The average Bonchev–Trinajstić information content (AvgIpc) is 2.87. The summed E-state index contributed by atoms with van der Waals surface area (Å²) in [7, 11) is 0. The first kappa shape index (κ1) is 12.8. The summed E-state index contributed by atoms with van der Waals surface area (Å²) in [6.45, 7) is 9.20. The molecule has 0 aromatic heterocycles. The van der Waals surface area contributed by atoms with Crippen LogP contribution in [0.25, 0.3) is 0 Å². The Morgan fingerprint density at radius 1 is 1.13 bits per heavy atom. The predicted octanol–water partition coefficient (Wildman–Crippen LogP) is 5.20. The van der Waals surface area contributed by atoms with E-state index in [4.69, 9.17) is 0 Å². The standard InChI is InChI=1S/C15H28/c1-5-6-9-13-12-14(13)10-7-8-11-15(2,3)4/h7-8,13-14H,5-6,9-12H2,1-4H3. The summed E-state index contributed by atoms with van der Waals surface area (Å²) in [6.07, 6.45) is 13.1. The summed E-state index contributed by atoms with van der Waals surface area (Å²) < 4.78 is 0. The summed E-state index contributed by atoms with van der Waals surface area (Å²) in [4.78, 5) is 0. The molecule has 0 aromatic rings. The highest BCUT2D eigenvalue weighted by Gasteiger charge is 2.34. The second-order valence-electron chi connectivity index (χ2n) is 6.37. The van der Waals surface area contributed by atoms with Gasteiger partial charge in [-0.05, 0) is 36.5 Å². The molecule has 0 radical (unpaired) electrons. The Bertz CT molecular complexity index is 195. The van der Waals surface area contributed by atoms with Gasteiger partial charge in [0, 0.05) is 0 Å². The van der Waals surface area contributed by atoms with Crippen molar-refractivity contribution < 1.29 is 0 Å². The lowest BCUT2D eigenvalue weighted by Gasteiger charge is -2.14. The van der Waals surface area contributed by atoms with Crippen LogP contribution in [0.4, 0.5) is 0 Å². The summed E-state index contributed by atoms with van der Waals surface area (Å²) in [5.74, 6) is 2.11. The van der Waals surface area contributed by atoms with Crippen LogP contribution in [-0.4, -0.2) is 0 Å². The van der Waals surface area contributed by atoms with Gasteiger partial charge in [0.15, 0.2) is 0 Å². The topological polar surface area (TPSA) is 0 Å². The fourth-order valence-electron chi connectivity index (χ4n) is 2.13. The molecule has 0 aliphatic heterocycles. The lowest BCUT2D eigenvalue weighted by molar-refractivity contribution is 0.420. The molecule has 0 aromatic carbocycles. The molecule has 0 saturated heterocycles. The van der Waals surface area contributed by atoms with Gasteiger partial charge in [0.25, 0.3) is 0 Å². The van der Waals surface area contributed by atoms with E-state index < -0.39 is 0 Å². The fourth-order valence-corrected chi connectivity index (χ4v) is 2.13. The third-order valence-electron chi connectivity index (χ3n) is 3.33. The van der Waals surface area contributed by atoms with Crippen LogP contribution >= 0.6 is 0 Å². The lowest BCUT2D eigenvalue weighted by Crippen LogP contribution is -2.01. The Kier molecular flexibility index (Phi) is 4.89. The number of unbranched alkanes of at least 4 members (excludes halogenated alkanes) is 1. The van der Waals surface area contributed by atoms with Gasteiger partial charge in [-0.15, -0.1) is 0 Å². The van der Waals surface area contributed by atoms with E-state index in [1.807, 2.05) is 0 Å². The van der Waals surface area contributed by atoms with Crippen molar-refractivity contribution >= 4 is 0 Å². The molecule has 0 spiro atoms. The molecule has 0 amide bonds. The Morgan fingerprint density at radius 3 is 2.47 bits per heavy atom. The van der Waals surface area contributed by atoms with Crippen molar-refractivity contribution in [2.45, 2.75) is 66.2 Å². The van der Waals surface area contributed by atoms with Crippen LogP contribution in [0.5, 0.6) is 0 Å². The van der Waals surface area contributed by atoms with E-state index in [1.165, 1.54) is 38.5 Å². The van der Waals surface area contributed by atoms with Crippen LogP contribution in [0.2, 0.25) is 0 Å². The van der Waals surface area contributed by atoms with Gasteiger partial charge >= 0.3 is 0 Å². The maximum absolute atomic E-state index is 2.42. The van der Waals surface area contributed by atoms with Gasteiger partial charge in [-0.1, -0.05) is 59.1 Å². The van der Waals surface area contributed by atoms with Gasteiger partial charge < -0.3 is 0 Å². The molecular weight excluding hydrogens is 180 g/mol. The Balaban J connectivity index is 2.03. The van der Waals surface area contributed by atoms with Crippen molar-refractivity contribution in [2.75, 3.05) is 0 Å². The smallest absolute Gasteiger partial charge is 0.0302 e. The molecule has 0 bridgehead atoms. The molecule has 2 unspecified atom stereocenters. The van der Waals surface area contributed by atoms with Crippen molar-refractivity contribution in [3.8, 4) is 0 Å². The molecule has 1 fully saturated rings. The molecule has 1 aliphatic rings. The molecule has 0 heterocycles. The third kappa shape index (κ3) is 6.02. The summed E-state index contributed by atoms with van der Waals surface area (Å²) in [6, 6.07) is 0. The fraction of sp³-hybridized carbons (Fsp3) is 0.867. The molecular formula is C15H28. The van der Waals surface area contributed by atoms with Gasteiger partial charge in [-0.2, -0.15) is 0 Å². The Morgan fingerprint density at radius 2 is 1.87 bits per heavy atom. The van der Waals surface area contributed by atoms with Crippen molar-refractivity contribution in [3.05, 3.63) is 12.2 Å². The highest BCUT2D eigenvalue weighted by atomic mass is 14.4. The predicted molar refractivity (Wildman–Crippen MR) is 69.0 cm³/mol. The Labute approximate surface area is 96.2 Å². The number of hydrogen-bond donors (Lipinski definition) is 0. The molecule has 15 heavy (non-hydrogen) atoms. The van der Waals surface area contributed by atoms with Gasteiger partial charge in [0.2, 0.25) is 0 Å². The van der Waals surface area contributed by atoms with Crippen LogP contribution in [0, 0.1) is 17.3 Å². The van der Waals surface area contributed by atoms with Crippen molar-refractivity contribution in [1.29, 1.82) is 0 Å². The maximum Gasteiger partial charge on any atom is -0.0302 e. The van der Waals surface area contributed by atoms with Crippen LogP contribution in [0.1, 0.15) is 66.2 Å². The molecule has 0 heteroatoms. The zero-order chi connectivity index (χ0) is 11.3. The SMILES string of the molecule is CCCCC1CC1CC=CCC(C)(C)C. The molecule has 88 valence electrons. The van der Waals surface area contributed by atoms with E-state index in [-0.39, 0.29) is 0 Å². The number of hydrogen-bond acceptors (Lipinski definition) is 0. The Hall–Kier alpha value is -0.260. The largest absolute Gasteiger partial charge is 0.0882 e. The highest BCUT2D eigenvalue weighted by Crippen LogP contribution is 2.44. The van der Waals surface area contributed by atoms with Crippen molar-refractivity contribution in [1.82, 2.24) is 0 Å². The van der Waals surface area contributed by atoms with E-state index in [1.54, 1.807) is 0 Å². The normalized spacial score (nSPS) is 26.1. The minimum Gasteiger partial charge on any atom is -0.0882 e. The average molecular weight is 208 g/mol. The molecule has 2 atom stereocenters. The van der Waals surface area contributed by atoms with Gasteiger partial charge in [0.05, 0.1) is 0 Å². The summed E-state index contributed by atoms with van der Waals surface area (Å²) >= 11 is 0. The van der Waals surface area contributed by atoms with Crippen LogP contribution < -0.4 is 0 Å². The lowest BCUT2D eigenvalue weighted by atomic mass is 9.92. The first-order valence-electron chi connectivity index (χ1n) is 6.68. The zero-order valence-electron chi connectivity index (χ0n) is 11.1. The van der Waals surface area contributed by atoms with E-state index in [0.29, 0.717) is 5.41 Å². The number of allylic oxidation sites excluding steroid dienone is 2. The molecule has 1 saturated carbocycles. The van der Waals surface area contributed by atoms with Gasteiger partial charge in [-0.25, -0.2) is 0 Å². The maximum atomic E-state index is 2.42. The molecule has 0 N–H and O–H groups in total. The summed E-state index contributed by atoms with van der Waals surface area (Å²) in [5.41, 5.74) is 0.460. The number of rotatable bonds is 6. The van der Waals surface area contributed by atoms with Gasteiger partial charge in [-0.3, -0.25) is 0 Å². The quantitative estimate of drug-likeness (QED) is 0.527. The monoisotopic (exact) mass is 208 g/mol. The van der Waals surface area contributed by atoms with Gasteiger partial charge in [0.1, 0.15) is 0 Å². The minimum atomic E-state index is 0.460. The zero-order valence-corrected chi connectivity index (χ0v) is 11.1. The van der Waals surface area contributed by atoms with Crippen LogP contribution in [0.3, 0.4) is 0 Å². The first-order chi connectivity index (χ1) is 7.03.